The molecule has 0 aliphatic carbocycles. The largest absolute Gasteiger partial charge is 0.330 e. The summed E-state index contributed by atoms with van der Waals surface area (Å²) in [6.07, 6.45) is 2.26. The van der Waals surface area contributed by atoms with E-state index in [-0.39, 0.29) is 0 Å². The topological polar surface area (TPSA) is 38.0 Å². The lowest BCUT2D eigenvalue weighted by atomic mass is 10.1. The van der Waals surface area contributed by atoms with Gasteiger partial charge in [0.1, 0.15) is 0 Å². The fraction of sp³-hybridized carbons (Fsp3) is 0.571. The molecule has 90 valence electrons. The molecule has 0 bridgehead atoms. The molecule has 0 heterocycles. The van der Waals surface area contributed by atoms with Crippen molar-refractivity contribution >= 4 is 0 Å². The van der Waals surface area contributed by atoms with Crippen molar-refractivity contribution in [2.45, 2.75) is 26.7 Å². The highest BCUT2D eigenvalue weighted by Crippen LogP contribution is 2.04. The van der Waals surface area contributed by atoms with E-state index in [1.807, 2.05) is 0 Å². The van der Waals surface area contributed by atoms with E-state index in [4.69, 9.17) is 5.73 Å². The van der Waals surface area contributed by atoms with E-state index in [0.717, 1.165) is 32.5 Å². The third kappa shape index (κ3) is 4.77. The highest BCUT2D eigenvalue weighted by atomic mass is 14.9. The zero-order chi connectivity index (χ0) is 11.8. The van der Waals surface area contributed by atoms with Gasteiger partial charge in [-0.05, 0) is 44.5 Å². The number of benzene rings is 1. The summed E-state index contributed by atoms with van der Waals surface area (Å²) in [4.78, 5) is 0. The van der Waals surface area contributed by atoms with Crippen LogP contribution in [0.15, 0.2) is 24.3 Å². The molecule has 0 fully saturated rings. The fourth-order valence-electron chi connectivity index (χ4n) is 1.80. The molecule has 1 unspecified atom stereocenters. The lowest BCUT2D eigenvalue weighted by Crippen LogP contribution is -2.29. The van der Waals surface area contributed by atoms with Gasteiger partial charge in [0.05, 0.1) is 0 Å². The fourth-order valence-corrected chi connectivity index (χ4v) is 1.80. The van der Waals surface area contributed by atoms with Gasteiger partial charge in [0, 0.05) is 0 Å². The number of nitrogens with one attached hydrogen (secondary N) is 1. The molecule has 0 radical (unpaired) electrons. The van der Waals surface area contributed by atoms with Gasteiger partial charge in [-0.1, -0.05) is 43.2 Å². The maximum Gasteiger partial charge on any atom is -0.000823 e. The zero-order valence-electron chi connectivity index (χ0n) is 10.5. The molecule has 2 heteroatoms. The molecule has 0 aliphatic rings. The van der Waals surface area contributed by atoms with Crippen molar-refractivity contribution in [1.29, 1.82) is 0 Å². The minimum Gasteiger partial charge on any atom is -0.330 e. The maximum atomic E-state index is 5.66. The van der Waals surface area contributed by atoms with E-state index in [9.17, 15) is 0 Å². The first kappa shape index (κ1) is 13.2. The third-order valence-electron chi connectivity index (χ3n) is 3.02. The Balaban J connectivity index is 2.20. The predicted molar refractivity (Wildman–Crippen MR) is 70.6 cm³/mol. The summed E-state index contributed by atoms with van der Waals surface area (Å²) in [6.45, 7) is 7.20. The molecule has 3 N–H and O–H groups in total. The average Bonchev–Trinajstić information content (AvgIpc) is 2.29. The Morgan fingerprint density at radius 2 is 2.19 bits per heavy atom. The van der Waals surface area contributed by atoms with Gasteiger partial charge in [-0.3, -0.25) is 0 Å². The Morgan fingerprint density at radius 3 is 2.81 bits per heavy atom. The second-order valence-electron chi connectivity index (χ2n) is 4.45. The SMILES string of the molecule is CCC(CN)CNCCc1cccc(C)c1. The molecular weight excluding hydrogens is 196 g/mol. The van der Waals surface area contributed by atoms with E-state index >= 15 is 0 Å². The monoisotopic (exact) mass is 220 g/mol. The Morgan fingerprint density at radius 1 is 1.38 bits per heavy atom. The summed E-state index contributed by atoms with van der Waals surface area (Å²) in [5.41, 5.74) is 8.41. The van der Waals surface area contributed by atoms with Crippen LogP contribution in [0, 0.1) is 12.8 Å². The molecule has 0 amide bonds. The van der Waals surface area contributed by atoms with Crippen LogP contribution >= 0.6 is 0 Å². The number of rotatable bonds is 7. The van der Waals surface area contributed by atoms with E-state index in [0.29, 0.717) is 5.92 Å². The van der Waals surface area contributed by atoms with Gasteiger partial charge in [-0.25, -0.2) is 0 Å². The minimum atomic E-state index is 0.623. The molecule has 16 heavy (non-hydrogen) atoms. The van der Waals surface area contributed by atoms with Gasteiger partial charge in [-0.15, -0.1) is 0 Å². The summed E-state index contributed by atoms with van der Waals surface area (Å²) in [6, 6.07) is 8.70. The van der Waals surface area contributed by atoms with Crippen LogP contribution in [-0.4, -0.2) is 19.6 Å². The molecule has 0 aliphatic heterocycles. The van der Waals surface area contributed by atoms with Crippen LogP contribution in [0.3, 0.4) is 0 Å². The van der Waals surface area contributed by atoms with Gasteiger partial charge < -0.3 is 11.1 Å². The van der Waals surface area contributed by atoms with Gasteiger partial charge in [0.25, 0.3) is 0 Å². The predicted octanol–water partition coefficient (Wildman–Crippen LogP) is 2.11. The molecule has 1 aromatic rings. The Labute approximate surface area is 99.2 Å². The average molecular weight is 220 g/mol. The van der Waals surface area contributed by atoms with Crippen LogP contribution in [-0.2, 0) is 6.42 Å². The standard InChI is InChI=1S/C14H24N2/c1-3-13(10-15)11-16-8-7-14-6-4-5-12(2)9-14/h4-6,9,13,16H,3,7-8,10-11,15H2,1-2H3. The number of hydrogen-bond acceptors (Lipinski definition) is 2. The van der Waals surface area contributed by atoms with Gasteiger partial charge >= 0.3 is 0 Å². The summed E-state index contributed by atoms with van der Waals surface area (Å²) >= 11 is 0. The second-order valence-corrected chi connectivity index (χ2v) is 4.45. The van der Waals surface area contributed by atoms with Gasteiger partial charge in [0.15, 0.2) is 0 Å². The summed E-state index contributed by atoms with van der Waals surface area (Å²) in [5, 5.41) is 3.48. The van der Waals surface area contributed by atoms with E-state index < -0.39 is 0 Å². The van der Waals surface area contributed by atoms with Crippen LogP contribution in [0.2, 0.25) is 0 Å². The molecule has 0 saturated heterocycles. The highest BCUT2D eigenvalue weighted by molar-refractivity contribution is 5.22. The lowest BCUT2D eigenvalue weighted by Gasteiger charge is -2.13. The van der Waals surface area contributed by atoms with Crippen molar-refractivity contribution in [3.8, 4) is 0 Å². The molecule has 2 nitrogen and oxygen atoms in total. The molecule has 0 aromatic heterocycles. The molecule has 1 aromatic carbocycles. The quantitative estimate of drug-likeness (QED) is 0.691. The van der Waals surface area contributed by atoms with Crippen molar-refractivity contribution in [3.63, 3.8) is 0 Å². The molecule has 0 spiro atoms. The smallest absolute Gasteiger partial charge is 0.000823 e. The molecule has 0 saturated carbocycles. The first-order valence-electron chi connectivity index (χ1n) is 6.22. The number of hydrogen-bond donors (Lipinski definition) is 2. The van der Waals surface area contributed by atoms with Crippen molar-refractivity contribution in [2.24, 2.45) is 11.7 Å². The van der Waals surface area contributed by atoms with Crippen LogP contribution in [0.4, 0.5) is 0 Å². The van der Waals surface area contributed by atoms with E-state index in [1.54, 1.807) is 0 Å². The van der Waals surface area contributed by atoms with Gasteiger partial charge in [0.2, 0.25) is 0 Å². The normalized spacial score (nSPS) is 12.7. The maximum absolute atomic E-state index is 5.66. The van der Waals surface area contributed by atoms with Crippen LogP contribution in [0.25, 0.3) is 0 Å². The number of aryl methyl sites for hydroxylation is 1. The first-order valence-corrected chi connectivity index (χ1v) is 6.22. The lowest BCUT2D eigenvalue weighted by molar-refractivity contribution is 0.474. The van der Waals surface area contributed by atoms with Crippen LogP contribution in [0.5, 0.6) is 0 Å². The first-order chi connectivity index (χ1) is 7.76. The van der Waals surface area contributed by atoms with Crippen molar-refractivity contribution in [1.82, 2.24) is 5.32 Å². The van der Waals surface area contributed by atoms with E-state index in [1.165, 1.54) is 11.1 Å². The Hall–Kier alpha value is -0.860. The van der Waals surface area contributed by atoms with E-state index in [2.05, 4.69) is 43.4 Å². The number of nitrogens with two attached hydrogens (primary N) is 1. The van der Waals surface area contributed by atoms with Crippen LogP contribution < -0.4 is 11.1 Å². The summed E-state index contributed by atoms with van der Waals surface area (Å²) < 4.78 is 0. The summed E-state index contributed by atoms with van der Waals surface area (Å²) in [7, 11) is 0. The Bertz CT molecular complexity index is 293. The van der Waals surface area contributed by atoms with Gasteiger partial charge in [-0.2, -0.15) is 0 Å². The van der Waals surface area contributed by atoms with Crippen molar-refractivity contribution < 1.29 is 0 Å². The molecule has 1 rings (SSSR count). The Kier molecular flexibility index (Phi) is 6.12. The van der Waals surface area contributed by atoms with Crippen LogP contribution in [0.1, 0.15) is 24.5 Å². The molecular formula is C14H24N2. The second kappa shape index (κ2) is 7.42. The van der Waals surface area contributed by atoms with Crippen molar-refractivity contribution in [3.05, 3.63) is 35.4 Å². The summed E-state index contributed by atoms with van der Waals surface area (Å²) in [5.74, 6) is 0.623. The highest BCUT2D eigenvalue weighted by Gasteiger charge is 2.02. The third-order valence-corrected chi connectivity index (χ3v) is 3.02. The molecule has 1 atom stereocenters. The zero-order valence-corrected chi connectivity index (χ0v) is 10.5. The van der Waals surface area contributed by atoms with Crippen molar-refractivity contribution in [2.75, 3.05) is 19.6 Å². The minimum absolute atomic E-state index is 0.623.